The van der Waals surface area contributed by atoms with Gasteiger partial charge in [-0.05, 0) is 157 Å². The van der Waals surface area contributed by atoms with Crippen molar-refractivity contribution in [3.63, 3.8) is 0 Å². The number of rotatable bonds is 10. The Morgan fingerprint density at radius 3 is 1.00 bits per heavy atom. The Hall–Kier alpha value is -7.69. The van der Waals surface area contributed by atoms with Crippen LogP contribution in [0.15, 0.2) is 195 Å². The van der Waals surface area contributed by atoms with Crippen LogP contribution in [-0.4, -0.2) is 54.2 Å². The molecule has 3 nitrogen and oxygen atoms in total. The van der Waals surface area contributed by atoms with Crippen molar-refractivity contribution in [1.29, 1.82) is 0 Å². The van der Waals surface area contributed by atoms with Crippen LogP contribution in [0.2, 0.25) is 0 Å². The molecule has 1 saturated carbocycles. The first-order valence-electron chi connectivity index (χ1n) is 27.9. The molecule has 10 aromatic rings. The normalized spacial score (nSPS) is 15.7. The van der Waals surface area contributed by atoms with E-state index >= 15 is 0 Å². The molecule has 0 bridgehead atoms. The highest BCUT2D eigenvalue weighted by molar-refractivity contribution is 6.68. The summed E-state index contributed by atoms with van der Waals surface area (Å²) >= 11 is 0. The molecule has 3 heterocycles. The fourth-order valence-corrected chi connectivity index (χ4v) is 12.1. The largest absolute Gasteiger partial charge is 0.256 e. The first-order chi connectivity index (χ1) is 38.4. The third-order valence-corrected chi connectivity index (χ3v) is 16.7. The Morgan fingerprint density at radius 2 is 0.662 bits per heavy atom. The Bertz CT molecular complexity index is 3730. The zero-order chi connectivity index (χ0) is 56.0. The maximum atomic E-state index is 6.47. The highest BCUT2D eigenvalue weighted by atomic mass is 14.7. The summed E-state index contributed by atoms with van der Waals surface area (Å²) in [6, 6.07) is 64.9. The average molecular weight is 1020 g/mol. The van der Waals surface area contributed by atoms with Gasteiger partial charge in [0.25, 0.3) is 0 Å². The minimum Gasteiger partial charge on any atom is -0.256 e. The zero-order valence-corrected chi connectivity index (χ0v) is 47.1. The molecule has 2 atom stereocenters. The highest BCUT2D eigenvalue weighted by Crippen LogP contribution is 2.52. The van der Waals surface area contributed by atoms with Crippen LogP contribution >= 0.6 is 0 Å². The Balaban J connectivity index is 0.950. The second-order valence-corrected chi connectivity index (χ2v) is 24.0. The van der Waals surface area contributed by atoms with Crippen LogP contribution in [0.1, 0.15) is 112 Å². The van der Waals surface area contributed by atoms with E-state index in [-0.39, 0.29) is 45.0 Å². The Labute approximate surface area is 481 Å². The summed E-state index contributed by atoms with van der Waals surface area (Å²) in [5, 5.41) is 0. The maximum absolute atomic E-state index is 6.47. The number of aromatic nitrogens is 3. The minimum atomic E-state index is 0.0319. The lowest BCUT2D eigenvalue weighted by molar-refractivity contribution is 0.353. The van der Waals surface area contributed by atoms with Gasteiger partial charge in [0.2, 0.25) is 0 Å². The van der Waals surface area contributed by atoms with E-state index in [0.29, 0.717) is 16.5 Å². The summed E-state index contributed by atoms with van der Waals surface area (Å²) in [5.41, 5.74) is 23.6. The molecule has 11 rings (SSSR count). The van der Waals surface area contributed by atoms with Crippen LogP contribution in [0.4, 0.5) is 0 Å². The lowest BCUT2D eigenvalue weighted by atomic mass is 9.59. The van der Waals surface area contributed by atoms with E-state index < -0.39 is 0 Å². The molecule has 0 N–H and O–H groups in total. The van der Waals surface area contributed by atoms with E-state index in [1.54, 1.807) is 6.20 Å². The van der Waals surface area contributed by atoms with Crippen LogP contribution in [0.3, 0.4) is 0 Å². The molecular weight excluding hydrogens is 961 g/mol. The minimum absolute atomic E-state index is 0.0319. The first-order valence-corrected chi connectivity index (χ1v) is 27.9. The summed E-state index contributed by atoms with van der Waals surface area (Å²) in [4.78, 5) is 14.5. The molecule has 1 aliphatic carbocycles. The van der Waals surface area contributed by atoms with E-state index in [1.807, 2.05) is 25.4 Å². The number of hydrogen-bond acceptors (Lipinski definition) is 3. The van der Waals surface area contributed by atoms with E-state index in [9.17, 15) is 0 Å². The van der Waals surface area contributed by atoms with Gasteiger partial charge in [0.05, 0.1) is 17.1 Å². The van der Waals surface area contributed by atoms with Crippen molar-refractivity contribution >= 4 is 66.5 Å². The summed E-state index contributed by atoms with van der Waals surface area (Å²) in [7, 11) is 31.6. The molecule has 80 heavy (non-hydrogen) atoms. The summed E-state index contributed by atoms with van der Waals surface area (Å²) in [6.45, 7) is 15.5. The predicted octanol–water partition coefficient (Wildman–Crippen LogP) is 13.2. The zero-order valence-electron chi connectivity index (χ0n) is 47.1. The van der Waals surface area contributed by atoms with Crippen LogP contribution in [-0.2, 0) is 10.8 Å². The maximum Gasteiger partial charge on any atom is 0.113 e. The van der Waals surface area contributed by atoms with Crippen molar-refractivity contribution < 1.29 is 0 Å². The number of pyridine rings is 3. The number of hydrogen-bond donors (Lipinski definition) is 0. The lowest BCUT2D eigenvalue weighted by Crippen LogP contribution is -2.55. The third-order valence-electron chi connectivity index (χ3n) is 16.7. The molecular formula is C72H62B5N3. The van der Waals surface area contributed by atoms with Crippen LogP contribution in [0, 0.1) is 6.92 Å². The predicted molar refractivity (Wildman–Crippen MR) is 342 cm³/mol. The van der Waals surface area contributed by atoms with Crippen molar-refractivity contribution in [1.82, 2.24) is 15.0 Å². The number of benzene rings is 7. The van der Waals surface area contributed by atoms with Crippen molar-refractivity contribution in [3.05, 3.63) is 228 Å². The Kier molecular flexibility index (Phi) is 15.0. The highest BCUT2D eigenvalue weighted by Gasteiger charge is 2.35. The summed E-state index contributed by atoms with van der Waals surface area (Å²) < 4.78 is 0. The molecule has 3 aromatic heterocycles. The molecule has 0 aliphatic heterocycles. The molecule has 1 aliphatic rings. The fourth-order valence-electron chi connectivity index (χ4n) is 12.1. The van der Waals surface area contributed by atoms with E-state index in [1.165, 1.54) is 55.6 Å². The topological polar surface area (TPSA) is 38.7 Å². The molecule has 10 radical (unpaired) electrons. The smallest absolute Gasteiger partial charge is 0.113 e. The van der Waals surface area contributed by atoms with Crippen LogP contribution < -0.4 is 27.3 Å². The molecule has 0 amide bonds. The standard InChI is InChI=1S/C72H62B5N3/c1-43-36-62(80-42-61(43)65-66(73)68(75)70(77)69(76)67(65)74)47-26-20-44(21-27-47)55-14-8-11-17-58(55)50-37-51(59-18-12-9-15-56(59)45-22-28-48(29-23-45)63-40-53(32-34-78-63)71(2,3)4)39-52(38-50)60-19-13-10-16-57(60)46-24-30-49(31-25-46)64-41-54(33-35-79-64)72(5,6)7/h8-36,40-42,50-52H,37-39H2,1-7H3. The second kappa shape index (κ2) is 22.1. The van der Waals surface area contributed by atoms with Gasteiger partial charge < -0.3 is 0 Å². The molecule has 380 valence electrons. The van der Waals surface area contributed by atoms with Crippen molar-refractivity contribution in [2.45, 2.75) is 96.3 Å². The molecule has 7 aromatic carbocycles. The van der Waals surface area contributed by atoms with Gasteiger partial charge in [-0.15, -0.1) is 16.4 Å². The van der Waals surface area contributed by atoms with E-state index in [4.69, 9.17) is 54.2 Å². The lowest BCUT2D eigenvalue weighted by Gasteiger charge is -2.38. The SMILES string of the molecule is [B]c1c([B])c([B])c(-c2cnc(-c3ccc(-c4ccccc4C4CC(c5ccccc5-c5ccc(-c6cc(C(C)(C)C)ccn6)cc5)CC(c5ccccc5-c5ccc(-c6cc(C(C)(C)C)ccn6)cc5)C4)cc3)cc2C)c([B])c1[B]. The van der Waals surface area contributed by atoms with E-state index in [2.05, 4.69) is 211 Å². The van der Waals surface area contributed by atoms with Gasteiger partial charge in [-0.3, -0.25) is 15.0 Å². The quantitative estimate of drug-likeness (QED) is 0.128. The summed E-state index contributed by atoms with van der Waals surface area (Å²) in [6.07, 6.45) is 8.71. The van der Waals surface area contributed by atoms with Crippen molar-refractivity contribution in [3.8, 4) is 78.3 Å². The fraction of sp³-hybridized carbons (Fsp3) is 0.208. The van der Waals surface area contributed by atoms with E-state index in [0.717, 1.165) is 69.7 Å². The summed E-state index contributed by atoms with van der Waals surface area (Å²) in [5.74, 6) is 0.808. The van der Waals surface area contributed by atoms with Gasteiger partial charge in [-0.2, -0.15) is 0 Å². The monoisotopic (exact) mass is 1020 g/mol. The van der Waals surface area contributed by atoms with Gasteiger partial charge in [-0.1, -0.05) is 198 Å². The van der Waals surface area contributed by atoms with Gasteiger partial charge in [0, 0.05) is 40.8 Å². The first kappa shape index (κ1) is 54.3. The average Bonchev–Trinajstić information content (AvgIpc) is 3.55. The molecule has 2 unspecified atom stereocenters. The number of nitrogens with zero attached hydrogens (tertiary/aromatic N) is 3. The van der Waals surface area contributed by atoms with Gasteiger partial charge in [-0.25, -0.2) is 0 Å². The molecule has 0 spiro atoms. The molecule has 8 heteroatoms. The third kappa shape index (κ3) is 10.9. The number of aryl methyl sites for hydroxylation is 1. The van der Waals surface area contributed by atoms with Gasteiger partial charge in [0.15, 0.2) is 0 Å². The van der Waals surface area contributed by atoms with Crippen LogP contribution in [0.5, 0.6) is 0 Å². The molecule has 1 fully saturated rings. The van der Waals surface area contributed by atoms with Crippen LogP contribution in [0.25, 0.3) is 78.3 Å². The Morgan fingerprint density at radius 1 is 0.350 bits per heavy atom. The molecule has 0 saturated heterocycles. The van der Waals surface area contributed by atoms with Gasteiger partial charge in [0.1, 0.15) is 39.2 Å². The second-order valence-electron chi connectivity index (χ2n) is 24.0. The van der Waals surface area contributed by atoms with Crippen molar-refractivity contribution in [2.24, 2.45) is 0 Å². The van der Waals surface area contributed by atoms with Crippen molar-refractivity contribution in [2.75, 3.05) is 0 Å². The van der Waals surface area contributed by atoms with Gasteiger partial charge >= 0.3 is 0 Å².